The zero-order valence-corrected chi connectivity index (χ0v) is 10.6. The highest BCUT2D eigenvalue weighted by atomic mass is 32.2. The molecule has 0 saturated heterocycles. The third kappa shape index (κ3) is 3.22. The van der Waals surface area contributed by atoms with Gasteiger partial charge in [-0.25, -0.2) is 0 Å². The van der Waals surface area contributed by atoms with E-state index in [2.05, 4.69) is 10.3 Å². The Morgan fingerprint density at radius 2 is 2.06 bits per heavy atom. The molecular formula is C12H14N2O3S. The summed E-state index contributed by atoms with van der Waals surface area (Å²) in [5.74, 6) is -0.659. The summed E-state index contributed by atoms with van der Waals surface area (Å²) in [5.41, 5.74) is -0.697. The molecule has 1 saturated carbocycles. The predicted octanol–water partition coefficient (Wildman–Crippen LogP) is 1.15. The number of carboxylic acids is 1. The maximum absolute atomic E-state index is 11.6. The van der Waals surface area contributed by atoms with Crippen LogP contribution in [-0.2, 0) is 9.59 Å². The molecule has 1 aliphatic carbocycles. The van der Waals surface area contributed by atoms with Gasteiger partial charge < -0.3 is 10.4 Å². The number of carbonyl (C=O) groups excluding carboxylic acids is 1. The van der Waals surface area contributed by atoms with E-state index in [1.165, 1.54) is 11.8 Å². The number of carboxylic acid groups (broad SMARTS) is 1. The molecule has 1 aliphatic rings. The van der Waals surface area contributed by atoms with Crippen LogP contribution in [0, 0.1) is 5.41 Å². The van der Waals surface area contributed by atoms with Crippen LogP contribution in [0.1, 0.15) is 12.8 Å². The van der Waals surface area contributed by atoms with Gasteiger partial charge in [0.1, 0.15) is 0 Å². The normalized spacial score (nSPS) is 16.0. The Morgan fingerprint density at radius 1 is 1.39 bits per heavy atom. The Hall–Kier alpha value is -1.56. The Kier molecular flexibility index (Phi) is 3.86. The van der Waals surface area contributed by atoms with Crippen molar-refractivity contribution in [3.63, 3.8) is 0 Å². The van der Waals surface area contributed by atoms with Crippen molar-refractivity contribution in [2.75, 3.05) is 12.3 Å². The molecule has 0 aliphatic heterocycles. The lowest BCUT2D eigenvalue weighted by Crippen LogP contribution is -2.35. The summed E-state index contributed by atoms with van der Waals surface area (Å²) in [6, 6.07) is 3.66. The van der Waals surface area contributed by atoms with Gasteiger partial charge in [-0.2, -0.15) is 0 Å². The fourth-order valence-electron chi connectivity index (χ4n) is 1.52. The molecule has 1 aromatic rings. The molecule has 0 unspecified atom stereocenters. The van der Waals surface area contributed by atoms with Crippen molar-refractivity contribution in [2.24, 2.45) is 5.41 Å². The van der Waals surface area contributed by atoms with Crippen molar-refractivity contribution in [3.05, 3.63) is 24.5 Å². The molecule has 1 heterocycles. The van der Waals surface area contributed by atoms with Crippen LogP contribution in [0.3, 0.4) is 0 Å². The van der Waals surface area contributed by atoms with E-state index in [4.69, 9.17) is 5.11 Å². The van der Waals surface area contributed by atoms with Gasteiger partial charge in [0, 0.05) is 23.8 Å². The number of hydrogen-bond donors (Lipinski definition) is 2. The van der Waals surface area contributed by atoms with E-state index in [0.717, 1.165) is 4.90 Å². The predicted molar refractivity (Wildman–Crippen MR) is 67.3 cm³/mol. The number of nitrogens with one attached hydrogen (secondary N) is 1. The van der Waals surface area contributed by atoms with Crippen molar-refractivity contribution in [3.8, 4) is 0 Å². The summed E-state index contributed by atoms with van der Waals surface area (Å²) in [7, 11) is 0. The minimum Gasteiger partial charge on any atom is -0.481 e. The van der Waals surface area contributed by atoms with E-state index in [0.29, 0.717) is 18.6 Å². The highest BCUT2D eigenvalue weighted by Crippen LogP contribution is 2.45. The van der Waals surface area contributed by atoms with Crippen LogP contribution in [-0.4, -0.2) is 34.3 Å². The van der Waals surface area contributed by atoms with E-state index in [1.807, 2.05) is 12.1 Å². The van der Waals surface area contributed by atoms with Crippen molar-refractivity contribution >= 4 is 23.6 Å². The molecule has 0 atom stereocenters. The molecular weight excluding hydrogens is 252 g/mol. The molecule has 2 rings (SSSR count). The van der Waals surface area contributed by atoms with Gasteiger partial charge in [-0.3, -0.25) is 14.6 Å². The van der Waals surface area contributed by atoms with E-state index >= 15 is 0 Å². The molecule has 1 aromatic heterocycles. The van der Waals surface area contributed by atoms with E-state index in [-0.39, 0.29) is 12.5 Å². The highest BCUT2D eigenvalue weighted by Gasteiger charge is 2.50. The van der Waals surface area contributed by atoms with E-state index in [1.54, 1.807) is 12.4 Å². The van der Waals surface area contributed by atoms with Gasteiger partial charge in [0.25, 0.3) is 0 Å². The number of thioether (sulfide) groups is 1. The summed E-state index contributed by atoms with van der Waals surface area (Å²) in [5, 5.41) is 11.6. The van der Waals surface area contributed by atoms with Crippen molar-refractivity contribution in [1.82, 2.24) is 10.3 Å². The van der Waals surface area contributed by atoms with Gasteiger partial charge in [-0.1, -0.05) is 0 Å². The van der Waals surface area contributed by atoms with Gasteiger partial charge >= 0.3 is 5.97 Å². The standard InChI is InChI=1S/C12H14N2O3S/c15-10(7-18-9-1-5-13-6-2-9)14-8-12(3-4-12)11(16)17/h1-2,5-6H,3-4,7-8H2,(H,14,15)(H,16,17). The van der Waals surface area contributed by atoms with Crippen LogP contribution in [0.2, 0.25) is 0 Å². The van der Waals surface area contributed by atoms with Crippen molar-refractivity contribution in [1.29, 1.82) is 0 Å². The first-order chi connectivity index (χ1) is 8.62. The molecule has 0 radical (unpaired) electrons. The molecule has 1 fully saturated rings. The van der Waals surface area contributed by atoms with Gasteiger partial charge in [-0.15, -0.1) is 11.8 Å². The summed E-state index contributed by atoms with van der Waals surface area (Å²) < 4.78 is 0. The van der Waals surface area contributed by atoms with Crippen LogP contribution in [0.4, 0.5) is 0 Å². The number of carbonyl (C=O) groups is 2. The number of rotatable bonds is 6. The third-order valence-corrected chi connectivity index (χ3v) is 3.96. The summed E-state index contributed by atoms with van der Waals surface area (Å²) in [6.45, 7) is 0.234. The van der Waals surface area contributed by atoms with Gasteiger partial charge in [0.05, 0.1) is 11.2 Å². The zero-order chi connectivity index (χ0) is 13.0. The fourth-order valence-corrected chi connectivity index (χ4v) is 2.23. The molecule has 0 aromatic carbocycles. The fraction of sp³-hybridized carbons (Fsp3) is 0.417. The second-order valence-corrected chi connectivity index (χ2v) is 5.38. The van der Waals surface area contributed by atoms with Crippen LogP contribution in [0.15, 0.2) is 29.4 Å². The van der Waals surface area contributed by atoms with Crippen molar-refractivity contribution < 1.29 is 14.7 Å². The summed E-state index contributed by atoms with van der Waals surface area (Å²) in [6.07, 6.45) is 4.65. The molecule has 0 spiro atoms. The number of amides is 1. The van der Waals surface area contributed by atoms with Crippen molar-refractivity contribution in [2.45, 2.75) is 17.7 Å². The molecule has 6 heteroatoms. The second kappa shape index (κ2) is 5.39. The van der Waals surface area contributed by atoms with Crippen LogP contribution in [0.5, 0.6) is 0 Å². The van der Waals surface area contributed by atoms with E-state index in [9.17, 15) is 9.59 Å². The Labute approximate surface area is 109 Å². The average Bonchev–Trinajstić information content (AvgIpc) is 3.16. The maximum atomic E-state index is 11.6. The minimum absolute atomic E-state index is 0.135. The smallest absolute Gasteiger partial charge is 0.311 e. The molecule has 96 valence electrons. The number of nitrogens with zero attached hydrogens (tertiary/aromatic N) is 1. The monoisotopic (exact) mass is 266 g/mol. The van der Waals surface area contributed by atoms with E-state index < -0.39 is 11.4 Å². The number of pyridine rings is 1. The first-order valence-corrected chi connectivity index (χ1v) is 6.64. The van der Waals surface area contributed by atoms with Crippen LogP contribution < -0.4 is 5.32 Å². The van der Waals surface area contributed by atoms with Crippen LogP contribution >= 0.6 is 11.8 Å². The summed E-state index contributed by atoms with van der Waals surface area (Å²) >= 11 is 1.41. The number of aliphatic carboxylic acids is 1. The third-order valence-electron chi connectivity index (χ3n) is 2.95. The first kappa shape index (κ1) is 12.9. The molecule has 2 N–H and O–H groups in total. The van der Waals surface area contributed by atoms with Gasteiger partial charge in [0.2, 0.25) is 5.91 Å². The van der Waals surface area contributed by atoms with Crippen LogP contribution in [0.25, 0.3) is 0 Å². The Balaban J connectivity index is 1.72. The Morgan fingerprint density at radius 3 is 2.61 bits per heavy atom. The molecule has 5 nitrogen and oxygen atoms in total. The lowest BCUT2D eigenvalue weighted by molar-refractivity contribution is -0.143. The maximum Gasteiger partial charge on any atom is 0.311 e. The molecule has 18 heavy (non-hydrogen) atoms. The minimum atomic E-state index is -0.815. The Bertz CT molecular complexity index is 446. The quantitative estimate of drug-likeness (QED) is 0.755. The largest absolute Gasteiger partial charge is 0.481 e. The average molecular weight is 266 g/mol. The second-order valence-electron chi connectivity index (χ2n) is 4.33. The summed E-state index contributed by atoms with van der Waals surface area (Å²) in [4.78, 5) is 27.3. The zero-order valence-electron chi connectivity index (χ0n) is 9.76. The topological polar surface area (TPSA) is 79.3 Å². The first-order valence-electron chi connectivity index (χ1n) is 5.65. The lowest BCUT2D eigenvalue weighted by Gasteiger charge is -2.10. The SMILES string of the molecule is O=C(CSc1ccncc1)NCC1(C(=O)O)CC1. The number of aromatic nitrogens is 1. The van der Waals surface area contributed by atoms with Gasteiger partial charge in [-0.05, 0) is 25.0 Å². The molecule has 0 bridgehead atoms. The van der Waals surface area contributed by atoms with Gasteiger partial charge in [0.15, 0.2) is 0 Å². The highest BCUT2D eigenvalue weighted by molar-refractivity contribution is 8.00. The lowest BCUT2D eigenvalue weighted by atomic mass is 10.1. The number of hydrogen-bond acceptors (Lipinski definition) is 4. The molecule has 1 amide bonds.